The topological polar surface area (TPSA) is 44.5 Å². The van der Waals surface area contributed by atoms with Crippen molar-refractivity contribution < 1.29 is 9.47 Å². The molecular weight excluding hydrogens is 270 g/mol. The second-order valence-corrected chi connectivity index (χ2v) is 4.43. The lowest BCUT2D eigenvalue weighted by atomic mass is 10.0. The molecule has 0 amide bonds. The van der Waals surface area contributed by atoms with Gasteiger partial charge in [0.1, 0.15) is 16.0 Å². The van der Waals surface area contributed by atoms with Crippen LogP contribution in [0.2, 0.25) is 0 Å². The van der Waals surface area contributed by atoms with E-state index in [4.69, 9.17) is 15.2 Å². The fourth-order valence-corrected chi connectivity index (χ4v) is 2.13. The first-order valence-corrected chi connectivity index (χ1v) is 6.10. The van der Waals surface area contributed by atoms with Gasteiger partial charge in [-0.2, -0.15) is 0 Å². The summed E-state index contributed by atoms with van der Waals surface area (Å²) in [5.74, 6) is 1.50. The van der Waals surface area contributed by atoms with Crippen molar-refractivity contribution in [3.05, 3.63) is 22.2 Å². The molecule has 1 rings (SSSR count). The molecule has 1 aromatic rings. The van der Waals surface area contributed by atoms with Crippen LogP contribution in [0.15, 0.2) is 16.6 Å². The monoisotopic (exact) mass is 287 g/mol. The third-order valence-electron chi connectivity index (χ3n) is 2.50. The van der Waals surface area contributed by atoms with E-state index in [0.717, 1.165) is 34.4 Å². The van der Waals surface area contributed by atoms with E-state index in [1.165, 1.54) is 0 Å². The normalized spacial score (nSPS) is 12.3. The second kappa shape index (κ2) is 6.11. The van der Waals surface area contributed by atoms with Gasteiger partial charge in [-0.15, -0.1) is 0 Å². The van der Waals surface area contributed by atoms with E-state index in [0.29, 0.717) is 0 Å². The number of nitrogens with two attached hydrogens (primary N) is 1. The maximum Gasteiger partial charge on any atom is 0.137 e. The summed E-state index contributed by atoms with van der Waals surface area (Å²) in [5.41, 5.74) is 7.12. The van der Waals surface area contributed by atoms with E-state index in [2.05, 4.69) is 22.9 Å². The van der Waals surface area contributed by atoms with E-state index in [1.807, 2.05) is 12.1 Å². The molecule has 0 saturated heterocycles. The van der Waals surface area contributed by atoms with Crippen molar-refractivity contribution in [3.63, 3.8) is 0 Å². The van der Waals surface area contributed by atoms with Crippen LogP contribution >= 0.6 is 15.9 Å². The van der Waals surface area contributed by atoms with Gasteiger partial charge in [0.2, 0.25) is 0 Å². The minimum absolute atomic E-state index is 0.0286. The van der Waals surface area contributed by atoms with Crippen molar-refractivity contribution >= 4 is 15.9 Å². The summed E-state index contributed by atoms with van der Waals surface area (Å²) >= 11 is 3.43. The smallest absolute Gasteiger partial charge is 0.137 e. The SMILES string of the molecule is CCC[C@H](N)c1cc(OC)c(Br)c(OC)c1. The fourth-order valence-electron chi connectivity index (χ4n) is 1.58. The van der Waals surface area contributed by atoms with Crippen molar-refractivity contribution in [2.45, 2.75) is 25.8 Å². The number of hydrogen-bond donors (Lipinski definition) is 1. The van der Waals surface area contributed by atoms with Crippen molar-refractivity contribution in [3.8, 4) is 11.5 Å². The molecule has 0 fully saturated rings. The van der Waals surface area contributed by atoms with Gasteiger partial charge in [-0.3, -0.25) is 0 Å². The summed E-state index contributed by atoms with van der Waals surface area (Å²) in [6.07, 6.45) is 2.01. The first kappa shape index (κ1) is 13.3. The largest absolute Gasteiger partial charge is 0.495 e. The second-order valence-electron chi connectivity index (χ2n) is 3.63. The zero-order valence-corrected chi connectivity index (χ0v) is 11.5. The van der Waals surface area contributed by atoms with Gasteiger partial charge in [-0.25, -0.2) is 0 Å². The van der Waals surface area contributed by atoms with Gasteiger partial charge >= 0.3 is 0 Å². The Hall–Kier alpha value is -0.740. The molecule has 0 spiro atoms. The third kappa shape index (κ3) is 2.89. The highest BCUT2D eigenvalue weighted by Crippen LogP contribution is 2.37. The van der Waals surface area contributed by atoms with Crippen LogP contribution in [0.1, 0.15) is 31.4 Å². The molecule has 0 aliphatic heterocycles. The van der Waals surface area contributed by atoms with Crippen LogP contribution in [-0.4, -0.2) is 14.2 Å². The van der Waals surface area contributed by atoms with Gasteiger partial charge in [0.25, 0.3) is 0 Å². The minimum Gasteiger partial charge on any atom is -0.495 e. The average Bonchev–Trinajstić information content (AvgIpc) is 2.29. The lowest BCUT2D eigenvalue weighted by Crippen LogP contribution is -2.10. The number of benzene rings is 1. The Morgan fingerprint density at radius 2 is 1.75 bits per heavy atom. The molecule has 0 saturated carbocycles. The summed E-state index contributed by atoms with van der Waals surface area (Å²) in [7, 11) is 3.27. The average molecular weight is 288 g/mol. The maximum atomic E-state index is 6.08. The molecule has 0 bridgehead atoms. The Morgan fingerprint density at radius 3 is 2.12 bits per heavy atom. The fraction of sp³-hybridized carbons (Fsp3) is 0.500. The molecule has 90 valence electrons. The Morgan fingerprint density at radius 1 is 1.25 bits per heavy atom. The van der Waals surface area contributed by atoms with Crippen LogP contribution in [-0.2, 0) is 0 Å². The Bertz CT molecular complexity index is 330. The van der Waals surface area contributed by atoms with E-state index in [1.54, 1.807) is 14.2 Å². The first-order chi connectivity index (χ1) is 7.63. The van der Waals surface area contributed by atoms with Crippen LogP contribution in [0, 0.1) is 0 Å². The summed E-state index contributed by atoms with van der Waals surface area (Å²) < 4.78 is 11.4. The van der Waals surface area contributed by atoms with Crippen molar-refractivity contribution in [2.24, 2.45) is 5.73 Å². The predicted molar refractivity (Wildman–Crippen MR) is 69.1 cm³/mol. The first-order valence-electron chi connectivity index (χ1n) is 5.31. The predicted octanol–water partition coefficient (Wildman–Crippen LogP) is 3.27. The quantitative estimate of drug-likeness (QED) is 0.904. The molecule has 0 heterocycles. The van der Waals surface area contributed by atoms with Crippen LogP contribution in [0.4, 0.5) is 0 Å². The number of hydrogen-bond acceptors (Lipinski definition) is 3. The Labute approximate surface area is 105 Å². The minimum atomic E-state index is 0.0286. The molecule has 4 heteroatoms. The Balaban J connectivity index is 3.11. The number of rotatable bonds is 5. The number of ether oxygens (including phenoxy) is 2. The molecule has 1 atom stereocenters. The summed E-state index contributed by atoms with van der Waals surface area (Å²) in [6.45, 7) is 2.12. The van der Waals surface area contributed by atoms with Crippen molar-refractivity contribution in [2.75, 3.05) is 14.2 Å². The lowest BCUT2D eigenvalue weighted by Gasteiger charge is -2.15. The van der Waals surface area contributed by atoms with Gasteiger partial charge in [0, 0.05) is 6.04 Å². The third-order valence-corrected chi connectivity index (χ3v) is 3.28. The molecule has 3 nitrogen and oxygen atoms in total. The molecule has 1 aromatic carbocycles. The van der Waals surface area contributed by atoms with Crippen molar-refractivity contribution in [1.82, 2.24) is 0 Å². The molecule has 0 radical (unpaired) electrons. The van der Waals surface area contributed by atoms with Crippen LogP contribution in [0.3, 0.4) is 0 Å². The van der Waals surface area contributed by atoms with Gasteiger partial charge in [-0.1, -0.05) is 13.3 Å². The van der Waals surface area contributed by atoms with Gasteiger partial charge in [-0.05, 0) is 40.0 Å². The standard InChI is InChI=1S/C12H18BrNO2/c1-4-5-9(14)8-6-10(15-2)12(13)11(7-8)16-3/h6-7,9H,4-5,14H2,1-3H3/t9-/m0/s1. The Kier molecular flexibility index (Phi) is 5.09. The van der Waals surface area contributed by atoms with Gasteiger partial charge in [0.15, 0.2) is 0 Å². The number of halogens is 1. The van der Waals surface area contributed by atoms with E-state index < -0.39 is 0 Å². The lowest BCUT2D eigenvalue weighted by molar-refractivity contribution is 0.387. The highest BCUT2D eigenvalue weighted by molar-refractivity contribution is 9.10. The zero-order valence-electron chi connectivity index (χ0n) is 9.92. The van der Waals surface area contributed by atoms with Crippen LogP contribution in [0.5, 0.6) is 11.5 Å². The van der Waals surface area contributed by atoms with E-state index in [9.17, 15) is 0 Å². The van der Waals surface area contributed by atoms with Crippen LogP contribution in [0.25, 0.3) is 0 Å². The van der Waals surface area contributed by atoms with E-state index in [-0.39, 0.29) is 6.04 Å². The molecule has 16 heavy (non-hydrogen) atoms. The van der Waals surface area contributed by atoms with Crippen molar-refractivity contribution in [1.29, 1.82) is 0 Å². The molecular formula is C12H18BrNO2. The van der Waals surface area contributed by atoms with Crippen LogP contribution < -0.4 is 15.2 Å². The molecule has 0 aromatic heterocycles. The summed E-state index contributed by atoms with van der Waals surface area (Å²) in [6, 6.07) is 3.93. The summed E-state index contributed by atoms with van der Waals surface area (Å²) in [4.78, 5) is 0. The molecule has 0 aliphatic rings. The molecule has 0 unspecified atom stereocenters. The summed E-state index contributed by atoms with van der Waals surface area (Å²) in [5, 5.41) is 0. The van der Waals surface area contributed by atoms with E-state index >= 15 is 0 Å². The number of methoxy groups -OCH3 is 2. The highest BCUT2D eigenvalue weighted by Gasteiger charge is 2.13. The zero-order chi connectivity index (χ0) is 12.1. The van der Waals surface area contributed by atoms with Gasteiger partial charge < -0.3 is 15.2 Å². The molecule has 0 aliphatic carbocycles. The van der Waals surface area contributed by atoms with Gasteiger partial charge in [0.05, 0.1) is 14.2 Å². The maximum absolute atomic E-state index is 6.08. The highest BCUT2D eigenvalue weighted by atomic mass is 79.9. The molecule has 2 N–H and O–H groups in total.